The van der Waals surface area contributed by atoms with Crippen molar-refractivity contribution in [1.82, 2.24) is 14.9 Å². The van der Waals surface area contributed by atoms with Crippen molar-refractivity contribution in [3.63, 3.8) is 0 Å². The van der Waals surface area contributed by atoms with Gasteiger partial charge < -0.3 is 21.3 Å². The average molecular weight is 336 g/mol. The Labute approximate surface area is 139 Å². The molecule has 0 saturated carbocycles. The van der Waals surface area contributed by atoms with Gasteiger partial charge in [0.15, 0.2) is 11.6 Å². The Morgan fingerprint density at radius 1 is 1.29 bits per heavy atom. The molecule has 0 radical (unpaired) electrons. The van der Waals surface area contributed by atoms with Crippen LogP contribution in [0.2, 0.25) is 0 Å². The zero-order valence-electron chi connectivity index (χ0n) is 13.3. The van der Waals surface area contributed by atoms with Crippen LogP contribution < -0.4 is 16.4 Å². The van der Waals surface area contributed by atoms with E-state index in [1.54, 1.807) is 9.80 Å². The van der Waals surface area contributed by atoms with E-state index in [1.165, 1.54) is 6.33 Å². The Bertz CT molecular complexity index is 655. The molecule has 2 aliphatic heterocycles. The first-order valence-electron chi connectivity index (χ1n) is 8.08. The molecule has 24 heavy (non-hydrogen) atoms. The summed E-state index contributed by atoms with van der Waals surface area (Å²) in [5.74, 6) is -1.66. The second-order valence-corrected chi connectivity index (χ2v) is 6.25. The SMILES string of the molecule is NC(=O)[C@H]1CCN(c2ncnc(N)c2F)CC1N1CCCCC1=O. The number of nitrogen functional groups attached to an aromatic ring is 1. The lowest BCUT2D eigenvalue weighted by Gasteiger charge is -2.44. The largest absolute Gasteiger partial charge is 0.381 e. The van der Waals surface area contributed by atoms with E-state index in [4.69, 9.17) is 11.5 Å². The van der Waals surface area contributed by atoms with Crippen LogP contribution >= 0.6 is 0 Å². The number of amides is 2. The highest BCUT2D eigenvalue weighted by molar-refractivity contribution is 5.81. The number of nitrogens with zero attached hydrogens (tertiary/aromatic N) is 4. The number of aromatic nitrogens is 2. The highest BCUT2D eigenvalue weighted by Gasteiger charge is 2.40. The number of hydrogen-bond donors (Lipinski definition) is 2. The summed E-state index contributed by atoms with van der Waals surface area (Å²) in [5.41, 5.74) is 11.0. The van der Waals surface area contributed by atoms with Crippen LogP contribution in [0.25, 0.3) is 0 Å². The van der Waals surface area contributed by atoms with E-state index < -0.39 is 17.6 Å². The first kappa shape index (κ1) is 16.4. The lowest BCUT2D eigenvalue weighted by atomic mass is 9.88. The number of nitrogens with two attached hydrogens (primary N) is 2. The molecule has 2 saturated heterocycles. The number of piperidine rings is 2. The molecule has 2 fully saturated rings. The number of carbonyl (C=O) groups excluding carboxylic acids is 2. The maximum Gasteiger partial charge on any atom is 0.222 e. The van der Waals surface area contributed by atoms with Crippen molar-refractivity contribution in [3.05, 3.63) is 12.1 Å². The molecule has 8 nitrogen and oxygen atoms in total. The van der Waals surface area contributed by atoms with Crippen LogP contribution in [0, 0.1) is 11.7 Å². The van der Waals surface area contributed by atoms with E-state index in [-0.39, 0.29) is 23.6 Å². The van der Waals surface area contributed by atoms with E-state index in [2.05, 4.69) is 9.97 Å². The highest BCUT2D eigenvalue weighted by Crippen LogP contribution is 2.29. The van der Waals surface area contributed by atoms with Crippen molar-refractivity contribution in [2.45, 2.75) is 31.7 Å². The lowest BCUT2D eigenvalue weighted by Crippen LogP contribution is -2.58. The van der Waals surface area contributed by atoms with Crippen molar-refractivity contribution in [2.24, 2.45) is 11.7 Å². The number of primary amides is 1. The summed E-state index contributed by atoms with van der Waals surface area (Å²) in [7, 11) is 0. The lowest BCUT2D eigenvalue weighted by molar-refractivity contribution is -0.139. The van der Waals surface area contributed by atoms with Gasteiger partial charge in [-0.25, -0.2) is 9.97 Å². The molecule has 0 aliphatic carbocycles. The summed E-state index contributed by atoms with van der Waals surface area (Å²) in [6, 6.07) is -0.375. The minimum absolute atomic E-state index is 0.0158. The first-order chi connectivity index (χ1) is 11.5. The smallest absolute Gasteiger partial charge is 0.222 e. The van der Waals surface area contributed by atoms with Gasteiger partial charge in [-0.1, -0.05) is 0 Å². The fourth-order valence-electron chi connectivity index (χ4n) is 3.54. The van der Waals surface area contributed by atoms with Crippen molar-refractivity contribution < 1.29 is 14.0 Å². The molecule has 0 aromatic carbocycles. The zero-order valence-corrected chi connectivity index (χ0v) is 13.3. The Hall–Kier alpha value is -2.45. The normalized spacial score (nSPS) is 25.0. The van der Waals surface area contributed by atoms with Crippen LogP contribution in [0.3, 0.4) is 0 Å². The molecule has 1 aromatic heterocycles. The predicted octanol–water partition coefficient (Wildman–Crippen LogP) is -0.109. The van der Waals surface area contributed by atoms with Gasteiger partial charge in [-0.05, 0) is 19.3 Å². The van der Waals surface area contributed by atoms with E-state index in [9.17, 15) is 14.0 Å². The topological polar surface area (TPSA) is 118 Å². The van der Waals surface area contributed by atoms with Gasteiger partial charge in [0.2, 0.25) is 17.6 Å². The third kappa shape index (κ3) is 2.98. The maximum atomic E-state index is 14.2. The molecule has 3 heterocycles. The molecule has 2 aliphatic rings. The van der Waals surface area contributed by atoms with Crippen molar-refractivity contribution in [3.8, 4) is 0 Å². The molecule has 3 rings (SSSR count). The molecule has 1 unspecified atom stereocenters. The molecular weight excluding hydrogens is 315 g/mol. The van der Waals surface area contributed by atoms with Crippen LogP contribution in [0.5, 0.6) is 0 Å². The van der Waals surface area contributed by atoms with Crippen LogP contribution in [0.15, 0.2) is 6.33 Å². The summed E-state index contributed by atoms with van der Waals surface area (Å²) >= 11 is 0. The second kappa shape index (κ2) is 6.58. The van der Waals surface area contributed by atoms with Crippen molar-refractivity contribution in [1.29, 1.82) is 0 Å². The number of anilines is 2. The van der Waals surface area contributed by atoms with Crippen molar-refractivity contribution >= 4 is 23.5 Å². The van der Waals surface area contributed by atoms with Gasteiger partial charge in [-0.3, -0.25) is 9.59 Å². The fourth-order valence-corrected chi connectivity index (χ4v) is 3.54. The first-order valence-corrected chi connectivity index (χ1v) is 8.08. The third-order valence-electron chi connectivity index (χ3n) is 4.81. The quantitative estimate of drug-likeness (QED) is 0.795. The van der Waals surface area contributed by atoms with E-state index >= 15 is 0 Å². The average Bonchev–Trinajstić information content (AvgIpc) is 2.57. The third-order valence-corrected chi connectivity index (χ3v) is 4.81. The molecule has 130 valence electrons. The summed E-state index contributed by atoms with van der Waals surface area (Å²) < 4.78 is 14.2. The Kier molecular flexibility index (Phi) is 4.50. The van der Waals surface area contributed by atoms with E-state index in [1.807, 2.05) is 0 Å². The van der Waals surface area contributed by atoms with Gasteiger partial charge in [0.25, 0.3) is 0 Å². The van der Waals surface area contributed by atoms with E-state index in [0.717, 1.165) is 12.8 Å². The van der Waals surface area contributed by atoms with Crippen molar-refractivity contribution in [2.75, 3.05) is 30.3 Å². The Balaban J connectivity index is 1.87. The molecule has 1 aromatic rings. The standard InChI is InChI=1S/C15H21FN6O2/c16-12-13(17)19-8-20-15(12)21-6-4-9(14(18)24)10(7-21)22-5-2-1-3-11(22)23/h8-10H,1-7H2,(H2,18,24)(H2,17,19,20)/t9-,10?/m0/s1. The molecule has 2 amide bonds. The Morgan fingerprint density at radius 3 is 2.79 bits per heavy atom. The molecule has 4 N–H and O–H groups in total. The summed E-state index contributed by atoms with van der Waals surface area (Å²) in [4.78, 5) is 35.1. The van der Waals surface area contributed by atoms with Gasteiger partial charge in [0.05, 0.1) is 12.0 Å². The monoisotopic (exact) mass is 336 g/mol. The van der Waals surface area contributed by atoms with Gasteiger partial charge in [-0.15, -0.1) is 0 Å². The van der Waals surface area contributed by atoms with Crippen LogP contribution in [-0.4, -0.2) is 52.4 Å². The van der Waals surface area contributed by atoms with Gasteiger partial charge >= 0.3 is 0 Å². The predicted molar refractivity (Wildman–Crippen MR) is 85.3 cm³/mol. The number of likely N-dealkylation sites (tertiary alicyclic amines) is 1. The molecule has 0 spiro atoms. The van der Waals surface area contributed by atoms with Crippen LogP contribution in [0.1, 0.15) is 25.7 Å². The number of carbonyl (C=O) groups is 2. The Morgan fingerprint density at radius 2 is 2.08 bits per heavy atom. The molecule has 0 bridgehead atoms. The molecular formula is C15H21FN6O2. The summed E-state index contributed by atoms with van der Waals surface area (Å²) in [6.45, 7) is 1.31. The minimum atomic E-state index is -0.682. The second-order valence-electron chi connectivity index (χ2n) is 6.25. The minimum Gasteiger partial charge on any atom is -0.381 e. The van der Waals surface area contributed by atoms with Gasteiger partial charge in [0, 0.05) is 26.1 Å². The summed E-state index contributed by atoms with van der Waals surface area (Å²) in [5, 5.41) is 0. The highest BCUT2D eigenvalue weighted by atomic mass is 19.1. The number of rotatable bonds is 3. The summed E-state index contributed by atoms with van der Waals surface area (Å²) in [6.07, 6.45) is 3.85. The van der Waals surface area contributed by atoms with Crippen LogP contribution in [-0.2, 0) is 9.59 Å². The fraction of sp³-hybridized carbons (Fsp3) is 0.600. The van der Waals surface area contributed by atoms with E-state index in [0.29, 0.717) is 32.5 Å². The zero-order chi connectivity index (χ0) is 17.3. The number of halogens is 1. The molecule has 2 atom stereocenters. The number of hydrogen-bond acceptors (Lipinski definition) is 6. The van der Waals surface area contributed by atoms with Gasteiger partial charge in [-0.2, -0.15) is 4.39 Å². The van der Waals surface area contributed by atoms with Crippen LogP contribution in [0.4, 0.5) is 16.0 Å². The molecule has 9 heteroatoms. The maximum absolute atomic E-state index is 14.2. The van der Waals surface area contributed by atoms with Gasteiger partial charge in [0.1, 0.15) is 6.33 Å².